The van der Waals surface area contributed by atoms with E-state index in [-0.39, 0.29) is 18.1 Å². The van der Waals surface area contributed by atoms with Crippen molar-refractivity contribution in [3.8, 4) is 0 Å². The van der Waals surface area contributed by atoms with Crippen LogP contribution in [0.4, 0.5) is 4.39 Å². The lowest BCUT2D eigenvalue weighted by molar-refractivity contribution is -0.148. The summed E-state index contributed by atoms with van der Waals surface area (Å²) in [6.45, 7) is 0. The molecule has 1 aliphatic rings. The molecule has 1 heterocycles. The maximum Gasteiger partial charge on any atom is 0.327 e. The van der Waals surface area contributed by atoms with Gasteiger partial charge in [0.15, 0.2) is 0 Å². The van der Waals surface area contributed by atoms with E-state index in [9.17, 15) is 19.1 Å². The number of carboxylic acid groups (broad SMARTS) is 1. The van der Waals surface area contributed by atoms with Gasteiger partial charge in [-0.15, -0.1) is 11.8 Å². The highest BCUT2D eigenvalue weighted by molar-refractivity contribution is 7.99. The quantitative estimate of drug-likeness (QED) is 0.879. The monoisotopic (exact) mass is 379 g/mol. The summed E-state index contributed by atoms with van der Waals surface area (Å²) in [5.41, 5.74) is 1.47. The van der Waals surface area contributed by atoms with Crippen LogP contribution in [0.5, 0.6) is 0 Å². The number of nitrogens with zero attached hydrogens (tertiary/aromatic N) is 1. The van der Waals surface area contributed by atoms with Crippen molar-refractivity contribution >= 4 is 35.2 Å². The van der Waals surface area contributed by atoms with E-state index in [1.165, 1.54) is 28.8 Å². The summed E-state index contributed by atoms with van der Waals surface area (Å²) >= 11 is 7.22. The number of rotatable bonds is 4. The largest absolute Gasteiger partial charge is 0.480 e. The van der Waals surface area contributed by atoms with Crippen LogP contribution >= 0.6 is 23.4 Å². The Bertz CT molecular complexity index is 782. The molecule has 3 rings (SSSR count). The summed E-state index contributed by atoms with van der Waals surface area (Å²) in [6.07, 6.45) is 0.0825. The van der Waals surface area contributed by atoms with Gasteiger partial charge >= 0.3 is 5.97 Å². The van der Waals surface area contributed by atoms with Gasteiger partial charge in [0.2, 0.25) is 5.91 Å². The Morgan fingerprint density at radius 3 is 2.40 bits per heavy atom. The topological polar surface area (TPSA) is 57.6 Å². The third-order valence-electron chi connectivity index (χ3n) is 4.00. The van der Waals surface area contributed by atoms with Gasteiger partial charge < -0.3 is 10.0 Å². The van der Waals surface area contributed by atoms with E-state index in [0.29, 0.717) is 16.3 Å². The van der Waals surface area contributed by atoms with Crippen molar-refractivity contribution in [2.24, 2.45) is 0 Å². The van der Waals surface area contributed by atoms with E-state index in [1.807, 2.05) is 0 Å². The van der Waals surface area contributed by atoms with E-state index in [1.54, 1.807) is 36.4 Å². The first-order valence-corrected chi connectivity index (χ1v) is 9.04. The van der Waals surface area contributed by atoms with Gasteiger partial charge in [0.1, 0.15) is 17.2 Å². The minimum atomic E-state index is -1.04. The molecule has 0 unspecified atom stereocenters. The molecule has 0 spiro atoms. The molecule has 4 nitrogen and oxygen atoms in total. The molecule has 0 radical (unpaired) electrons. The van der Waals surface area contributed by atoms with Gasteiger partial charge in [-0.05, 0) is 35.4 Å². The van der Waals surface area contributed by atoms with Crippen molar-refractivity contribution in [1.82, 2.24) is 4.90 Å². The molecule has 0 saturated carbocycles. The van der Waals surface area contributed by atoms with Crippen LogP contribution in [0.2, 0.25) is 5.02 Å². The summed E-state index contributed by atoms with van der Waals surface area (Å²) in [5, 5.41) is 9.59. The number of halogens is 2. The van der Waals surface area contributed by atoms with E-state index in [2.05, 4.69) is 0 Å². The maximum absolute atomic E-state index is 13.2. The molecule has 130 valence electrons. The predicted octanol–water partition coefficient (Wildman–Crippen LogP) is 3.75. The first-order valence-electron chi connectivity index (χ1n) is 7.61. The van der Waals surface area contributed by atoms with Crippen molar-refractivity contribution in [2.45, 2.75) is 17.8 Å². The van der Waals surface area contributed by atoms with E-state index in [4.69, 9.17) is 11.6 Å². The number of amides is 1. The summed E-state index contributed by atoms with van der Waals surface area (Å²) in [6, 6.07) is 11.7. The third-order valence-corrected chi connectivity index (χ3v) is 5.57. The lowest BCUT2D eigenvalue weighted by atomic mass is 10.1. The average molecular weight is 380 g/mol. The lowest BCUT2D eigenvalue weighted by Crippen LogP contribution is -2.43. The molecule has 0 aromatic heterocycles. The first-order chi connectivity index (χ1) is 12.0. The van der Waals surface area contributed by atoms with Gasteiger partial charge in [-0.3, -0.25) is 4.79 Å². The minimum Gasteiger partial charge on any atom is -0.480 e. The molecule has 2 atom stereocenters. The number of thioether (sulfide) groups is 1. The molecular formula is C18H15ClFNO3S. The maximum atomic E-state index is 13.2. The number of aliphatic carboxylic acids is 1. The van der Waals surface area contributed by atoms with E-state index in [0.717, 1.165) is 5.56 Å². The summed E-state index contributed by atoms with van der Waals surface area (Å²) in [5.74, 6) is -1.40. The van der Waals surface area contributed by atoms with Crippen LogP contribution in [-0.2, 0) is 16.0 Å². The van der Waals surface area contributed by atoms with Crippen molar-refractivity contribution in [3.63, 3.8) is 0 Å². The Hall–Kier alpha value is -2.05. The Morgan fingerprint density at radius 1 is 1.16 bits per heavy atom. The fourth-order valence-electron chi connectivity index (χ4n) is 2.75. The molecule has 25 heavy (non-hydrogen) atoms. The standard InChI is InChI=1S/C18H15ClFNO3S/c19-13-5-1-11(2-6-13)9-16(22)21-15(18(23)24)10-25-17(21)12-3-7-14(20)8-4-12/h1-8,15,17H,9-10H2,(H,23,24)/t15-,17-/m1/s1. The van der Waals surface area contributed by atoms with Gasteiger partial charge in [-0.1, -0.05) is 35.9 Å². The van der Waals surface area contributed by atoms with Gasteiger partial charge in [0.25, 0.3) is 0 Å². The molecule has 1 fully saturated rings. The van der Waals surface area contributed by atoms with Crippen molar-refractivity contribution in [3.05, 3.63) is 70.5 Å². The summed E-state index contributed by atoms with van der Waals surface area (Å²) < 4.78 is 13.2. The highest BCUT2D eigenvalue weighted by Gasteiger charge is 2.42. The van der Waals surface area contributed by atoms with Crippen LogP contribution in [0, 0.1) is 5.82 Å². The Kier molecular flexibility index (Phi) is 5.30. The molecule has 0 aliphatic carbocycles. The number of carboxylic acids is 1. The molecule has 1 saturated heterocycles. The van der Waals surface area contributed by atoms with Gasteiger partial charge in [-0.25, -0.2) is 9.18 Å². The third kappa shape index (κ3) is 3.96. The lowest BCUT2D eigenvalue weighted by Gasteiger charge is -2.27. The number of carbonyl (C=O) groups is 2. The second-order valence-corrected chi connectivity index (χ2v) is 7.25. The fourth-order valence-corrected chi connectivity index (χ4v) is 4.32. The highest BCUT2D eigenvalue weighted by Crippen LogP contribution is 2.41. The van der Waals surface area contributed by atoms with Gasteiger partial charge in [0, 0.05) is 10.8 Å². The second-order valence-electron chi connectivity index (χ2n) is 5.70. The molecule has 1 aliphatic heterocycles. The molecular weight excluding hydrogens is 365 g/mol. The van der Waals surface area contributed by atoms with Crippen LogP contribution in [0.25, 0.3) is 0 Å². The fraction of sp³-hybridized carbons (Fsp3) is 0.222. The second kappa shape index (κ2) is 7.45. The van der Waals surface area contributed by atoms with E-state index < -0.39 is 17.4 Å². The molecule has 0 bridgehead atoms. The predicted molar refractivity (Wildman–Crippen MR) is 95.0 cm³/mol. The number of benzene rings is 2. The van der Waals surface area contributed by atoms with Crippen molar-refractivity contribution in [1.29, 1.82) is 0 Å². The normalized spacial score (nSPS) is 19.8. The van der Waals surface area contributed by atoms with E-state index >= 15 is 0 Å². The molecule has 1 amide bonds. The Morgan fingerprint density at radius 2 is 1.80 bits per heavy atom. The zero-order chi connectivity index (χ0) is 18.0. The summed E-state index contributed by atoms with van der Waals surface area (Å²) in [4.78, 5) is 25.8. The zero-order valence-corrected chi connectivity index (χ0v) is 14.6. The Labute approximate surface area is 153 Å². The number of hydrogen-bond acceptors (Lipinski definition) is 3. The van der Waals surface area contributed by atoms with Crippen LogP contribution in [0.15, 0.2) is 48.5 Å². The van der Waals surface area contributed by atoms with Crippen LogP contribution < -0.4 is 0 Å². The van der Waals surface area contributed by atoms with Crippen molar-refractivity contribution < 1.29 is 19.1 Å². The molecule has 7 heteroatoms. The summed E-state index contributed by atoms with van der Waals surface area (Å²) in [7, 11) is 0. The van der Waals surface area contributed by atoms with Gasteiger partial charge in [0.05, 0.1) is 6.42 Å². The smallest absolute Gasteiger partial charge is 0.327 e. The Balaban J connectivity index is 1.86. The van der Waals surface area contributed by atoms with Crippen molar-refractivity contribution in [2.75, 3.05) is 5.75 Å². The average Bonchev–Trinajstić information content (AvgIpc) is 3.03. The highest BCUT2D eigenvalue weighted by atomic mass is 35.5. The molecule has 1 N–H and O–H groups in total. The first kappa shape index (κ1) is 17.8. The number of hydrogen-bond donors (Lipinski definition) is 1. The number of carbonyl (C=O) groups excluding carboxylic acids is 1. The molecule has 2 aromatic carbocycles. The zero-order valence-electron chi connectivity index (χ0n) is 13.1. The van der Waals surface area contributed by atoms with Crippen LogP contribution in [0.1, 0.15) is 16.5 Å². The molecule has 2 aromatic rings. The van der Waals surface area contributed by atoms with Gasteiger partial charge in [-0.2, -0.15) is 0 Å². The van der Waals surface area contributed by atoms with Crippen LogP contribution in [0.3, 0.4) is 0 Å². The minimum absolute atomic E-state index is 0.0825. The SMILES string of the molecule is O=C(O)[C@H]1CS[C@H](c2ccc(F)cc2)N1C(=O)Cc1ccc(Cl)cc1. The van der Waals surface area contributed by atoms with Crippen LogP contribution in [-0.4, -0.2) is 33.7 Å².